The van der Waals surface area contributed by atoms with Crippen LogP contribution in [0.1, 0.15) is 13.8 Å². The van der Waals surface area contributed by atoms with E-state index in [0.717, 1.165) is 9.86 Å². The molecule has 108 valence electrons. The third-order valence-corrected chi connectivity index (χ3v) is 5.11. The van der Waals surface area contributed by atoms with Crippen molar-refractivity contribution in [2.24, 2.45) is 0 Å². The van der Waals surface area contributed by atoms with E-state index in [9.17, 15) is 8.42 Å². The van der Waals surface area contributed by atoms with Crippen LogP contribution in [0.25, 0.3) is 10.9 Å². The van der Waals surface area contributed by atoms with Crippen LogP contribution in [0.2, 0.25) is 0 Å². The van der Waals surface area contributed by atoms with Crippen LogP contribution in [0.5, 0.6) is 0 Å². The van der Waals surface area contributed by atoms with Gasteiger partial charge in [-0.15, -0.1) is 0 Å². The van der Waals surface area contributed by atoms with Gasteiger partial charge in [-0.2, -0.15) is 12.7 Å². The monoisotopic (exact) mass is 357 g/mol. The molecule has 20 heavy (non-hydrogen) atoms. The highest BCUT2D eigenvalue weighted by Gasteiger charge is 2.21. The topological polar surface area (TPSA) is 62.3 Å². The van der Waals surface area contributed by atoms with Crippen LogP contribution in [0.15, 0.2) is 34.9 Å². The number of nitrogens with zero attached hydrogens (tertiary/aromatic N) is 2. The summed E-state index contributed by atoms with van der Waals surface area (Å²) in [5.41, 5.74) is 1.10. The maximum Gasteiger partial charge on any atom is 0.301 e. The fraction of sp³-hybridized carbons (Fsp3) is 0.308. The van der Waals surface area contributed by atoms with Gasteiger partial charge in [-0.25, -0.2) is 0 Å². The van der Waals surface area contributed by atoms with Gasteiger partial charge < -0.3 is 0 Å². The Labute approximate surface area is 127 Å². The predicted octanol–water partition coefficient (Wildman–Crippen LogP) is 2.99. The Balaban J connectivity index is 2.45. The standard InChI is InChI=1S/C13H16BrN3O2S/c1-9(2)17(3)20(18,19)16-12-6-4-5-10-7-11(14)8-15-13(10)12/h4-9,16H,1-3H3. The van der Waals surface area contributed by atoms with Crippen LogP contribution in [-0.2, 0) is 10.2 Å². The number of rotatable bonds is 4. The van der Waals surface area contributed by atoms with Gasteiger partial charge in [0.2, 0.25) is 0 Å². The predicted molar refractivity (Wildman–Crippen MR) is 84.9 cm³/mol. The highest BCUT2D eigenvalue weighted by Crippen LogP contribution is 2.25. The lowest BCUT2D eigenvalue weighted by Crippen LogP contribution is -2.37. The van der Waals surface area contributed by atoms with Gasteiger partial charge in [0, 0.05) is 29.1 Å². The van der Waals surface area contributed by atoms with E-state index in [2.05, 4.69) is 25.6 Å². The van der Waals surface area contributed by atoms with Crippen LogP contribution in [0, 0.1) is 0 Å². The first kappa shape index (κ1) is 15.2. The Morgan fingerprint density at radius 1 is 1.35 bits per heavy atom. The molecule has 1 heterocycles. The molecule has 1 aromatic heterocycles. The molecule has 1 aromatic carbocycles. The molecule has 0 saturated carbocycles. The molecule has 0 aliphatic rings. The number of pyridine rings is 1. The molecule has 7 heteroatoms. The first-order valence-electron chi connectivity index (χ1n) is 6.11. The van der Waals surface area contributed by atoms with Gasteiger partial charge in [0.1, 0.15) is 0 Å². The number of aromatic nitrogens is 1. The van der Waals surface area contributed by atoms with E-state index in [-0.39, 0.29) is 6.04 Å². The molecule has 0 bridgehead atoms. The van der Waals surface area contributed by atoms with E-state index in [1.165, 1.54) is 4.31 Å². The average Bonchev–Trinajstić information content (AvgIpc) is 2.37. The van der Waals surface area contributed by atoms with Crippen molar-refractivity contribution < 1.29 is 8.42 Å². The molecule has 0 radical (unpaired) electrons. The van der Waals surface area contributed by atoms with Crippen LogP contribution < -0.4 is 4.72 Å². The summed E-state index contributed by atoms with van der Waals surface area (Å²) >= 11 is 3.35. The Morgan fingerprint density at radius 2 is 2.05 bits per heavy atom. The molecule has 5 nitrogen and oxygen atoms in total. The third kappa shape index (κ3) is 3.11. The lowest BCUT2D eigenvalue weighted by molar-refractivity contribution is 0.414. The number of anilines is 1. The summed E-state index contributed by atoms with van der Waals surface area (Å²) in [6.45, 7) is 3.63. The van der Waals surface area contributed by atoms with Gasteiger partial charge in [0.15, 0.2) is 0 Å². The molecular formula is C13H16BrN3O2S. The van der Waals surface area contributed by atoms with Crippen molar-refractivity contribution in [2.45, 2.75) is 19.9 Å². The van der Waals surface area contributed by atoms with Gasteiger partial charge in [0.25, 0.3) is 0 Å². The van der Waals surface area contributed by atoms with Crippen molar-refractivity contribution in [3.05, 3.63) is 34.9 Å². The van der Waals surface area contributed by atoms with Gasteiger partial charge in [0.05, 0.1) is 11.2 Å². The van der Waals surface area contributed by atoms with Gasteiger partial charge in [-0.3, -0.25) is 9.71 Å². The molecular weight excluding hydrogens is 342 g/mol. The molecule has 0 atom stereocenters. The average molecular weight is 358 g/mol. The minimum atomic E-state index is -3.58. The Kier molecular flexibility index (Phi) is 4.31. The highest BCUT2D eigenvalue weighted by atomic mass is 79.9. The van der Waals surface area contributed by atoms with E-state index in [4.69, 9.17) is 0 Å². The van der Waals surface area contributed by atoms with Crippen molar-refractivity contribution >= 4 is 42.7 Å². The van der Waals surface area contributed by atoms with Crippen LogP contribution in [0.3, 0.4) is 0 Å². The van der Waals surface area contributed by atoms with Gasteiger partial charge in [-0.05, 0) is 41.9 Å². The summed E-state index contributed by atoms with van der Waals surface area (Å²) in [4.78, 5) is 4.28. The van der Waals surface area contributed by atoms with Crippen molar-refractivity contribution in [3.63, 3.8) is 0 Å². The number of fused-ring (bicyclic) bond motifs is 1. The summed E-state index contributed by atoms with van der Waals surface area (Å²) in [5, 5.41) is 0.867. The summed E-state index contributed by atoms with van der Waals surface area (Å²) in [6, 6.07) is 7.16. The number of hydrogen-bond donors (Lipinski definition) is 1. The summed E-state index contributed by atoms with van der Waals surface area (Å²) < 4.78 is 29.2. The normalized spacial score (nSPS) is 12.3. The molecule has 0 unspecified atom stereocenters. The largest absolute Gasteiger partial charge is 0.301 e. The molecule has 0 amide bonds. The van der Waals surface area contributed by atoms with Crippen LogP contribution >= 0.6 is 15.9 Å². The van der Waals surface area contributed by atoms with Crippen molar-refractivity contribution in [1.82, 2.24) is 9.29 Å². The number of hydrogen-bond acceptors (Lipinski definition) is 3. The van der Waals surface area contributed by atoms with Crippen molar-refractivity contribution in [3.8, 4) is 0 Å². The minimum Gasteiger partial charge on any atom is -0.269 e. The number of nitrogens with one attached hydrogen (secondary N) is 1. The minimum absolute atomic E-state index is 0.121. The lowest BCUT2D eigenvalue weighted by Gasteiger charge is -2.22. The Bertz CT molecular complexity index is 731. The van der Waals surface area contributed by atoms with E-state index in [0.29, 0.717) is 11.2 Å². The van der Waals surface area contributed by atoms with E-state index < -0.39 is 10.2 Å². The zero-order chi connectivity index (χ0) is 14.9. The first-order chi connectivity index (χ1) is 9.31. The third-order valence-electron chi connectivity index (χ3n) is 3.02. The van der Waals surface area contributed by atoms with Crippen molar-refractivity contribution in [2.75, 3.05) is 11.8 Å². The highest BCUT2D eigenvalue weighted by molar-refractivity contribution is 9.10. The molecule has 2 aromatic rings. The SMILES string of the molecule is CC(C)N(C)S(=O)(=O)Nc1cccc2cc(Br)cnc12. The second kappa shape index (κ2) is 5.67. The molecule has 2 rings (SSSR count). The van der Waals surface area contributed by atoms with Gasteiger partial charge >= 0.3 is 10.2 Å². The quantitative estimate of drug-likeness (QED) is 0.914. The van der Waals surface area contributed by atoms with Crippen molar-refractivity contribution in [1.29, 1.82) is 0 Å². The molecule has 0 saturated heterocycles. The zero-order valence-electron chi connectivity index (χ0n) is 11.5. The zero-order valence-corrected chi connectivity index (χ0v) is 13.9. The van der Waals surface area contributed by atoms with Crippen LogP contribution in [0.4, 0.5) is 5.69 Å². The van der Waals surface area contributed by atoms with E-state index in [1.807, 2.05) is 26.0 Å². The maximum absolute atomic E-state index is 12.2. The fourth-order valence-electron chi connectivity index (χ4n) is 1.70. The molecule has 0 aliphatic carbocycles. The first-order valence-corrected chi connectivity index (χ1v) is 8.34. The second-order valence-electron chi connectivity index (χ2n) is 4.75. The van der Waals surface area contributed by atoms with Gasteiger partial charge in [-0.1, -0.05) is 12.1 Å². The summed E-state index contributed by atoms with van der Waals surface area (Å²) in [7, 11) is -2.04. The summed E-state index contributed by atoms with van der Waals surface area (Å²) in [6.07, 6.45) is 1.65. The number of para-hydroxylation sites is 1. The summed E-state index contributed by atoms with van der Waals surface area (Å²) in [5.74, 6) is 0. The van der Waals surface area contributed by atoms with E-state index >= 15 is 0 Å². The molecule has 0 fully saturated rings. The van der Waals surface area contributed by atoms with Crippen LogP contribution in [-0.4, -0.2) is 30.8 Å². The Morgan fingerprint density at radius 3 is 2.70 bits per heavy atom. The fourth-order valence-corrected chi connectivity index (χ4v) is 3.20. The molecule has 0 aliphatic heterocycles. The maximum atomic E-state index is 12.2. The smallest absolute Gasteiger partial charge is 0.269 e. The molecule has 1 N–H and O–H groups in total. The number of halogens is 1. The Hall–Kier alpha value is -1.18. The van der Waals surface area contributed by atoms with E-state index in [1.54, 1.807) is 25.4 Å². The number of benzene rings is 1. The lowest BCUT2D eigenvalue weighted by atomic mass is 10.2. The molecule has 0 spiro atoms. The second-order valence-corrected chi connectivity index (χ2v) is 7.39.